The largest absolute Gasteiger partial charge is 0.459 e. The van der Waals surface area contributed by atoms with Gasteiger partial charge in [0, 0.05) is 5.57 Å². The van der Waals surface area contributed by atoms with Gasteiger partial charge in [-0.25, -0.2) is 4.79 Å². The van der Waals surface area contributed by atoms with E-state index in [1.54, 1.807) is 0 Å². The molecule has 132 valence electrons. The van der Waals surface area contributed by atoms with Crippen LogP contribution in [0.15, 0.2) is 11.1 Å². The van der Waals surface area contributed by atoms with E-state index in [0.717, 1.165) is 18.4 Å². The first-order valence-corrected chi connectivity index (χ1v) is 10.1. The van der Waals surface area contributed by atoms with Crippen molar-refractivity contribution in [3.8, 4) is 0 Å². The summed E-state index contributed by atoms with van der Waals surface area (Å²) >= 11 is 0. The number of carbonyl (C=O) groups is 1. The van der Waals surface area contributed by atoms with Gasteiger partial charge in [0.25, 0.3) is 0 Å². The van der Waals surface area contributed by atoms with Crippen LogP contribution in [0.2, 0.25) is 0 Å². The molecule has 2 saturated carbocycles. The summed E-state index contributed by atoms with van der Waals surface area (Å²) in [7, 11) is 0. The summed E-state index contributed by atoms with van der Waals surface area (Å²) in [5, 5.41) is 0. The number of ether oxygens (including phenoxy) is 1. The van der Waals surface area contributed by atoms with Gasteiger partial charge in [-0.1, -0.05) is 56.9 Å². The van der Waals surface area contributed by atoms with E-state index in [1.165, 1.54) is 82.6 Å². The fourth-order valence-electron chi connectivity index (χ4n) is 4.13. The highest BCUT2D eigenvalue weighted by Crippen LogP contribution is 2.30. The summed E-state index contributed by atoms with van der Waals surface area (Å²) in [5.74, 6) is 0.551. The molecule has 0 aromatic carbocycles. The molecule has 0 saturated heterocycles. The normalized spacial score (nSPS) is 23.9. The van der Waals surface area contributed by atoms with Gasteiger partial charge in [-0.3, -0.25) is 0 Å². The van der Waals surface area contributed by atoms with Crippen LogP contribution >= 0.6 is 0 Å². The van der Waals surface area contributed by atoms with Crippen molar-refractivity contribution in [2.75, 3.05) is 0 Å². The van der Waals surface area contributed by atoms with E-state index in [4.69, 9.17) is 4.74 Å². The molecule has 2 rings (SSSR count). The van der Waals surface area contributed by atoms with Gasteiger partial charge in [-0.15, -0.1) is 0 Å². The molecule has 0 aromatic rings. The van der Waals surface area contributed by atoms with Crippen LogP contribution in [0.25, 0.3) is 0 Å². The molecule has 0 bridgehead atoms. The Hall–Kier alpha value is -0.790. The van der Waals surface area contributed by atoms with E-state index >= 15 is 0 Å². The number of hydrogen-bond acceptors (Lipinski definition) is 2. The number of carbonyl (C=O) groups excluding carboxylic acids is 1. The average molecular weight is 321 g/mol. The average Bonchev–Trinajstić information content (AvgIpc) is 2.48. The quantitative estimate of drug-likeness (QED) is 0.448. The van der Waals surface area contributed by atoms with Crippen LogP contribution in [-0.4, -0.2) is 12.1 Å². The first kappa shape index (κ1) is 18.5. The van der Waals surface area contributed by atoms with Crippen LogP contribution < -0.4 is 0 Å². The number of rotatable bonds is 3. The molecule has 2 aliphatic carbocycles. The highest BCUT2D eigenvalue weighted by molar-refractivity contribution is 5.88. The third-order valence-corrected chi connectivity index (χ3v) is 5.94. The fourth-order valence-corrected chi connectivity index (χ4v) is 4.13. The summed E-state index contributed by atoms with van der Waals surface area (Å²) in [6.45, 7) is 4.15. The standard InChI is InChI=1S/C21H36O2/c1-17(19-13-9-5-3-6-10-14-19)18(2)21(22)23-20-15-11-7-4-8-12-16-20/h19-20H,3-16H2,1-2H3. The number of allylic oxidation sites excluding steroid dienone is 1. The molecule has 0 unspecified atom stereocenters. The van der Waals surface area contributed by atoms with Gasteiger partial charge in [0.1, 0.15) is 6.10 Å². The van der Waals surface area contributed by atoms with Crippen molar-refractivity contribution in [1.29, 1.82) is 0 Å². The van der Waals surface area contributed by atoms with Gasteiger partial charge in [-0.05, 0) is 58.3 Å². The molecule has 23 heavy (non-hydrogen) atoms. The third-order valence-electron chi connectivity index (χ3n) is 5.94. The monoisotopic (exact) mass is 320 g/mol. The van der Waals surface area contributed by atoms with Crippen LogP contribution in [-0.2, 0) is 9.53 Å². The summed E-state index contributed by atoms with van der Waals surface area (Å²) in [5.41, 5.74) is 2.18. The maximum atomic E-state index is 12.6. The van der Waals surface area contributed by atoms with Crippen LogP contribution in [0.1, 0.15) is 104 Å². The molecule has 0 aromatic heterocycles. The zero-order chi connectivity index (χ0) is 16.5. The number of esters is 1. The van der Waals surface area contributed by atoms with Crippen molar-refractivity contribution >= 4 is 5.97 Å². The molecule has 2 heteroatoms. The van der Waals surface area contributed by atoms with Gasteiger partial charge >= 0.3 is 5.97 Å². The van der Waals surface area contributed by atoms with Crippen molar-refractivity contribution in [2.45, 2.75) is 110 Å². The minimum atomic E-state index is -0.0462. The van der Waals surface area contributed by atoms with E-state index in [0.29, 0.717) is 5.92 Å². The Morgan fingerprint density at radius 2 is 1.13 bits per heavy atom. The first-order valence-electron chi connectivity index (χ1n) is 10.1. The number of hydrogen-bond donors (Lipinski definition) is 0. The molecular formula is C21H36O2. The summed E-state index contributed by atoms with van der Waals surface area (Å²) in [6, 6.07) is 0. The van der Waals surface area contributed by atoms with Crippen LogP contribution in [0.3, 0.4) is 0 Å². The highest BCUT2D eigenvalue weighted by atomic mass is 16.5. The molecule has 0 radical (unpaired) electrons. The minimum Gasteiger partial charge on any atom is -0.459 e. The Morgan fingerprint density at radius 1 is 0.696 bits per heavy atom. The van der Waals surface area contributed by atoms with Gasteiger partial charge < -0.3 is 4.74 Å². The van der Waals surface area contributed by atoms with Crippen molar-refractivity contribution in [1.82, 2.24) is 0 Å². The van der Waals surface area contributed by atoms with Gasteiger partial charge in [-0.2, -0.15) is 0 Å². The molecule has 0 spiro atoms. The Kier molecular flexibility index (Phi) is 8.19. The fraction of sp³-hybridized carbons (Fsp3) is 0.857. The van der Waals surface area contributed by atoms with Crippen molar-refractivity contribution < 1.29 is 9.53 Å². The predicted molar refractivity (Wildman–Crippen MR) is 96.4 cm³/mol. The molecule has 2 aliphatic rings. The lowest BCUT2D eigenvalue weighted by molar-refractivity contribution is -0.145. The Morgan fingerprint density at radius 3 is 1.65 bits per heavy atom. The Bertz CT molecular complexity index is 381. The van der Waals surface area contributed by atoms with Gasteiger partial charge in [0.15, 0.2) is 0 Å². The molecule has 0 atom stereocenters. The summed E-state index contributed by atoms with van der Waals surface area (Å²) in [4.78, 5) is 12.6. The lowest BCUT2D eigenvalue weighted by atomic mass is 9.84. The van der Waals surface area contributed by atoms with E-state index in [2.05, 4.69) is 6.92 Å². The van der Waals surface area contributed by atoms with Crippen molar-refractivity contribution in [2.24, 2.45) is 5.92 Å². The summed E-state index contributed by atoms with van der Waals surface area (Å²) in [6.07, 6.45) is 17.9. The molecule has 2 nitrogen and oxygen atoms in total. The summed E-state index contributed by atoms with van der Waals surface area (Å²) < 4.78 is 5.86. The smallest absolute Gasteiger partial charge is 0.333 e. The van der Waals surface area contributed by atoms with E-state index in [9.17, 15) is 4.79 Å². The molecule has 0 aliphatic heterocycles. The van der Waals surface area contributed by atoms with Crippen LogP contribution in [0.4, 0.5) is 0 Å². The van der Waals surface area contributed by atoms with E-state index < -0.39 is 0 Å². The topological polar surface area (TPSA) is 26.3 Å². The zero-order valence-corrected chi connectivity index (χ0v) is 15.4. The maximum Gasteiger partial charge on any atom is 0.333 e. The predicted octanol–water partition coefficient (Wildman–Crippen LogP) is 6.34. The van der Waals surface area contributed by atoms with Gasteiger partial charge in [0.05, 0.1) is 0 Å². The maximum absolute atomic E-state index is 12.6. The Balaban J connectivity index is 1.92. The van der Waals surface area contributed by atoms with Crippen molar-refractivity contribution in [3.05, 3.63) is 11.1 Å². The second-order valence-electron chi connectivity index (χ2n) is 7.72. The minimum absolute atomic E-state index is 0.0462. The molecule has 0 N–H and O–H groups in total. The van der Waals surface area contributed by atoms with Crippen LogP contribution in [0.5, 0.6) is 0 Å². The molecule has 0 amide bonds. The second-order valence-corrected chi connectivity index (χ2v) is 7.72. The SMILES string of the molecule is CC(C(=O)OC1CCCCCCC1)=C(C)C1CCCCCCC1. The van der Waals surface area contributed by atoms with Crippen LogP contribution in [0, 0.1) is 5.92 Å². The lowest BCUT2D eigenvalue weighted by Crippen LogP contribution is -2.21. The second kappa shape index (κ2) is 10.2. The first-order chi connectivity index (χ1) is 11.2. The zero-order valence-electron chi connectivity index (χ0n) is 15.4. The third kappa shape index (κ3) is 6.31. The highest BCUT2D eigenvalue weighted by Gasteiger charge is 2.21. The van der Waals surface area contributed by atoms with E-state index in [-0.39, 0.29) is 12.1 Å². The Labute approximate surface area is 143 Å². The molecule has 2 fully saturated rings. The molecular weight excluding hydrogens is 284 g/mol. The van der Waals surface area contributed by atoms with Gasteiger partial charge in [0.2, 0.25) is 0 Å². The van der Waals surface area contributed by atoms with E-state index in [1.807, 2.05) is 6.92 Å². The van der Waals surface area contributed by atoms with Crippen molar-refractivity contribution in [3.63, 3.8) is 0 Å². The lowest BCUT2D eigenvalue weighted by Gasteiger charge is -2.24. The molecule has 0 heterocycles.